The van der Waals surface area contributed by atoms with Crippen LogP contribution in [0.5, 0.6) is 0 Å². The summed E-state index contributed by atoms with van der Waals surface area (Å²) in [6.45, 7) is 0. The van der Waals surface area contributed by atoms with Crippen molar-refractivity contribution in [1.82, 2.24) is 25.6 Å². The maximum Gasteiger partial charge on any atom is 0.242 e. The van der Waals surface area contributed by atoms with Crippen molar-refractivity contribution >= 4 is 11.8 Å². The van der Waals surface area contributed by atoms with E-state index in [1.807, 2.05) is 66.7 Å². The molecule has 2 N–H and O–H groups in total. The molecule has 1 saturated carbocycles. The zero-order valence-corrected chi connectivity index (χ0v) is 20.4. The average molecular weight is 491 g/mol. The van der Waals surface area contributed by atoms with Gasteiger partial charge >= 0.3 is 0 Å². The Kier molecular flexibility index (Phi) is 6.52. The minimum absolute atomic E-state index is 0.141. The Balaban J connectivity index is 1.29. The van der Waals surface area contributed by atoms with Crippen LogP contribution in [-0.2, 0) is 21.4 Å². The lowest BCUT2D eigenvalue weighted by atomic mass is 9.94. The smallest absolute Gasteiger partial charge is 0.242 e. The molecule has 0 spiro atoms. The van der Waals surface area contributed by atoms with Crippen molar-refractivity contribution in [2.24, 2.45) is 0 Å². The largest absolute Gasteiger partial charge is 0.357 e. The van der Waals surface area contributed by atoms with Gasteiger partial charge in [0, 0.05) is 13.5 Å². The van der Waals surface area contributed by atoms with Gasteiger partial charge in [-0.2, -0.15) is 5.26 Å². The molecule has 5 rings (SSSR count). The molecule has 0 unspecified atom stereocenters. The van der Waals surface area contributed by atoms with Crippen LogP contribution in [0.25, 0.3) is 16.8 Å². The SMILES string of the molecule is CNC(=O)[C@@H](Cc1cn(-c2ccc(-c3ccc(C#N)cc3)cc2)nn1)NC(=O)C1(c2ccccc2)CC1. The maximum absolute atomic E-state index is 13.2. The van der Waals surface area contributed by atoms with Crippen molar-refractivity contribution in [3.8, 4) is 22.9 Å². The van der Waals surface area contributed by atoms with Crippen LogP contribution in [-0.4, -0.2) is 39.9 Å². The molecule has 2 amide bonds. The fraction of sp³-hybridized carbons (Fsp3) is 0.207. The van der Waals surface area contributed by atoms with Crippen molar-refractivity contribution < 1.29 is 9.59 Å². The van der Waals surface area contributed by atoms with E-state index in [9.17, 15) is 9.59 Å². The number of carbonyl (C=O) groups is 2. The van der Waals surface area contributed by atoms with E-state index < -0.39 is 11.5 Å². The van der Waals surface area contributed by atoms with Crippen molar-refractivity contribution in [1.29, 1.82) is 5.26 Å². The van der Waals surface area contributed by atoms with E-state index in [1.54, 1.807) is 30.1 Å². The van der Waals surface area contributed by atoms with Gasteiger partial charge in [-0.05, 0) is 53.8 Å². The number of aromatic nitrogens is 3. The van der Waals surface area contributed by atoms with Gasteiger partial charge in [-0.15, -0.1) is 5.10 Å². The van der Waals surface area contributed by atoms with Crippen molar-refractivity contribution in [2.45, 2.75) is 30.7 Å². The lowest BCUT2D eigenvalue weighted by molar-refractivity contribution is -0.130. The second kappa shape index (κ2) is 10.1. The maximum atomic E-state index is 13.2. The van der Waals surface area contributed by atoms with E-state index >= 15 is 0 Å². The van der Waals surface area contributed by atoms with E-state index in [0.717, 1.165) is 35.2 Å². The van der Waals surface area contributed by atoms with E-state index in [1.165, 1.54) is 0 Å². The van der Waals surface area contributed by atoms with Gasteiger partial charge < -0.3 is 10.6 Å². The molecule has 0 bridgehead atoms. The molecule has 4 aromatic rings. The van der Waals surface area contributed by atoms with E-state index in [-0.39, 0.29) is 18.2 Å². The predicted octanol–water partition coefficient (Wildman–Crippen LogP) is 3.31. The first-order chi connectivity index (χ1) is 18.0. The lowest BCUT2D eigenvalue weighted by Crippen LogP contribution is -2.50. The molecule has 0 radical (unpaired) electrons. The Labute approximate surface area is 214 Å². The van der Waals surface area contributed by atoms with Gasteiger partial charge in [0.05, 0.1) is 34.6 Å². The third-order valence-electron chi connectivity index (χ3n) is 6.81. The van der Waals surface area contributed by atoms with Crippen LogP contribution in [0.1, 0.15) is 29.7 Å². The van der Waals surface area contributed by atoms with Crippen LogP contribution >= 0.6 is 0 Å². The Bertz CT molecular complexity index is 1450. The third-order valence-corrected chi connectivity index (χ3v) is 6.81. The molecular formula is C29H26N6O2. The van der Waals surface area contributed by atoms with E-state index in [4.69, 9.17) is 5.26 Å². The van der Waals surface area contributed by atoms with Crippen LogP contribution < -0.4 is 10.6 Å². The van der Waals surface area contributed by atoms with Crippen molar-refractivity contribution in [2.75, 3.05) is 7.05 Å². The standard InChI is InChI=1S/C29H26N6O2/c1-31-27(36)26(32-28(37)29(15-16-29)23-5-3-2-4-6-23)17-24-19-35(34-33-24)25-13-11-22(12-14-25)21-9-7-20(18-30)8-10-21/h2-14,19,26H,15-17H2,1H3,(H,31,36)(H,32,37)/t26-/m1/s1. The molecular weight excluding hydrogens is 464 g/mol. The highest BCUT2D eigenvalue weighted by Gasteiger charge is 2.51. The number of amides is 2. The summed E-state index contributed by atoms with van der Waals surface area (Å²) in [5, 5.41) is 23.0. The van der Waals surface area contributed by atoms with Crippen LogP contribution in [0.3, 0.4) is 0 Å². The number of likely N-dealkylation sites (N-methyl/N-ethyl adjacent to an activating group) is 1. The second-order valence-corrected chi connectivity index (χ2v) is 9.18. The van der Waals surface area contributed by atoms with Crippen molar-refractivity contribution in [3.05, 3.63) is 102 Å². The molecule has 1 fully saturated rings. The van der Waals surface area contributed by atoms with Crippen molar-refractivity contribution in [3.63, 3.8) is 0 Å². The van der Waals surface area contributed by atoms with Gasteiger partial charge in [0.15, 0.2) is 0 Å². The van der Waals surface area contributed by atoms with Gasteiger partial charge in [-0.3, -0.25) is 9.59 Å². The molecule has 0 aliphatic heterocycles. The van der Waals surface area contributed by atoms with Crippen LogP contribution in [0.2, 0.25) is 0 Å². The number of nitriles is 1. The fourth-order valence-electron chi connectivity index (χ4n) is 4.48. The summed E-state index contributed by atoms with van der Waals surface area (Å²) in [5.41, 5.74) is 4.46. The highest BCUT2D eigenvalue weighted by atomic mass is 16.2. The molecule has 1 heterocycles. The van der Waals surface area contributed by atoms with Crippen LogP contribution in [0, 0.1) is 11.3 Å². The molecule has 3 aromatic carbocycles. The Hall–Kier alpha value is -4.77. The van der Waals surface area contributed by atoms with Gasteiger partial charge in [0.2, 0.25) is 11.8 Å². The van der Waals surface area contributed by atoms with E-state index in [0.29, 0.717) is 11.3 Å². The predicted molar refractivity (Wildman–Crippen MR) is 139 cm³/mol. The Morgan fingerprint density at radius 1 is 1.00 bits per heavy atom. The molecule has 37 heavy (non-hydrogen) atoms. The lowest BCUT2D eigenvalue weighted by Gasteiger charge is -2.21. The molecule has 1 atom stereocenters. The number of nitrogens with zero attached hydrogens (tertiary/aromatic N) is 4. The second-order valence-electron chi connectivity index (χ2n) is 9.18. The average Bonchev–Trinajstić information content (AvgIpc) is 3.65. The number of nitrogens with one attached hydrogen (secondary N) is 2. The molecule has 1 aliphatic carbocycles. The monoisotopic (exact) mass is 490 g/mol. The number of benzene rings is 3. The molecule has 0 saturated heterocycles. The van der Waals surface area contributed by atoms with E-state index in [2.05, 4.69) is 27.0 Å². The summed E-state index contributed by atoms with van der Waals surface area (Å²) in [5.74, 6) is -0.420. The number of rotatable bonds is 8. The molecule has 8 heteroatoms. The zero-order valence-electron chi connectivity index (χ0n) is 20.4. The summed E-state index contributed by atoms with van der Waals surface area (Å²) in [7, 11) is 1.55. The summed E-state index contributed by atoms with van der Waals surface area (Å²) >= 11 is 0. The number of carbonyl (C=O) groups excluding carboxylic acids is 2. The molecule has 1 aromatic heterocycles. The molecule has 8 nitrogen and oxygen atoms in total. The first kappa shape index (κ1) is 23.9. The van der Waals surface area contributed by atoms with Crippen LogP contribution in [0.4, 0.5) is 0 Å². The highest BCUT2D eigenvalue weighted by molar-refractivity contribution is 5.95. The summed E-state index contributed by atoms with van der Waals surface area (Å²) in [6, 6.07) is 26.3. The van der Waals surface area contributed by atoms with Gasteiger partial charge in [-0.1, -0.05) is 59.8 Å². The summed E-state index contributed by atoms with van der Waals surface area (Å²) in [6.07, 6.45) is 3.51. The first-order valence-electron chi connectivity index (χ1n) is 12.1. The number of hydrogen-bond acceptors (Lipinski definition) is 5. The fourth-order valence-corrected chi connectivity index (χ4v) is 4.48. The third kappa shape index (κ3) is 4.98. The normalized spacial score (nSPS) is 14.3. The minimum Gasteiger partial charge on any atom is -0.357 e. The van der Waals surface area contributed by atoms with Gasteiger partial charge in [0.25, 0.3) is 0 Å². The van der Waals surface area contributed by atoms with Gasteiger partial charge in [-0.25, -0.2) is 4.68 Å². The van der Waals surface area contributed by atoms with Gasteiger partial charge in [0.1, 0.15) is 6.04 Å². The summed E-state index contributed by atoms with van der Waals surface area (Å²) in [4.78, 5) is 25.8. The van der Waals surface area contributed by atoms with Crippen LogP contribution in [0.15, 0.2) is 85.1 Å². The summed E-state index contributed by atoms with van der Waals surface area (Å²) < 4.78 is 1.65. The minimum atomic E-state index is -0.761. The number of hydrogen-bond donors (Lipinski definition) is 2. The quantitative estimate of drug-likeness (QED) is 0.394. The first-order valence-corrected chi connectivity index (χ1v) is 12.1. The topological polar surface area (TPSA) is 113 Å². The Morgan fingerprint density at radius 3 is 2.24 bits per heavy atom. The zero-order chi connectivity index (χ0) is 25.8. The molecule has 1 aliphatic rings. The highest BCUT2D eigenvalue weighted by Crippen LogP contribution is 2.48. The molecule has 184 valence electrons. The Morgan fingerprint density at radius 2 is 1.65 bits per heavy atom.